The fourth-order valence-electron chi connectivity index (χ4n) is 2.70. The number of nitrogens with two attached hydrogens (primary N) is 1. The number of unbranched alkanes of at least 4 members (excludes halogenated alkanes) is 1. The molecule has 0 radical (unpaired) electrons. The summed E-state index contributed by atoms with van der Waals surface area (Å²) in [4.78, 5) is 24.4. The molecular weight excluding hydrogens is 406 g/mol. The number of nitrogens with one attached hydrogen (secondary N) is 2. The van der Waals surface area contributed by atoms with Crippen molar-refractivity contribution in [1.29, 1.82) is 0 Å². The highest BCUT2D eigenvalue weighted by Crippen LogP contribution is 2.19. The zero-order valence-corrected chi connectivity index (χ0v) is 17.3. The molecular formula is C22H26ClN3O4. The second kappa shape index (κ2) is 11.8. The molecule has 2 amide bonds. The second-order valence-corrected chi connectivity index (χ2v) is 7.09. The molecule has 0 aliphatic rings. The number of benzene rings is 1. The van der Waals surface area contributed by atoms with Gasteiger partial charge < -0.3 is 25.9 Å². The summed E-state index contributed by atoms with van der Waals surface area (Å²) in [6, 6.07) is 7.80. The number of aliphatic hydroxyl groups is 1. The normalized spacial score (nSPS) is 11.9. The molecule has 1 heterocycles. The van der Waals surface area contributed by atoms with Crippen LogP contribution in [-0.4, -0.2) is 29.5 Å². The molecule has 1 aromatic carbocycles. The molecule has 1 aromatic heterocycles. The maximum atomic E-state index is 12.5. The number of hydrogen-bond acceptors (Lipinski definition) is 5. The first kappa shape index (κ1) is 23.3. The van der Waals surface area contributed by atoms with Gasteiger partial charge in [-0.3, -0.25) is 9.59 Å². The second-order valence-electron chi connectivity index (χ2n) is 6.68. The average molecular weight is 432 g/mol. The number of rotatable bonds is 11. The van der Waals surface area contributed by atoms with E-state index in [9.17, 15) is 14.7 Å². The SMILES string of the molecule is C=C(O)[C@H](CCCCN)NC(=O)c1ccc(CNC(=O)/C=C/c2ccco2)cc1Cl. The summed E-state index contributed by atoms with van der Waals surface area (Å²) in [5.74, 6) is -0.232. The summed E-state index contributed by atoms with van der Waals surface area (Å²) in [6.07, 6.45) is 6.53. The Balaban J connectivity index is 1.92. The van der Waals surface area contributed by atoms with Crippen LogP contribution >= 0.6 is 11.6 Å². The van der Waals surface area contributed by atoms with E-state index >= 15 is 0 Å². The Bertz CT molecular complexity index is 894. The van der Waals surface area contributed by atoms with Gasteiger partial charge in [-0.1, -0.05) is 24.2 Å². The molecule has 0 aliphatic heterocycles. The molecule has 0 saturated carbocycles. The minimum absolute atomic E-state index is 0.113. The van der Waals surface area contributed by atoms with E-state index in [1.807, 2.05) is 0 Å². The van der Waals surface area contributed by atoms with Gasteiger partial charge in [0.05, 0.1) is 22.9 Å². The third-order valence-electron chi connectivity index (χ3n) is 4.34. The van der Waals surface area contributed by atoms with Crippen molar-refractivity contribution in [2.45, 2.75) is 31.8 Å². The van der Waals surface area contributed by atoms with Gasteiger partial charge in [0.2, 0.25) is 5.91 Å². The number of carbonyl (C=O) groups is 2. The number of carbonyl (C=O) groups excluding carboxylic acids is 2. The number of hydrogen-bond donors (Lipinski definition) is 4. The molecule has 7 nitrogen and oxygen atoms in total. The van der Waals surface area contributed by atoms with Crippen LogP contribution in [0.25, 0.3) is 6.08 Å². The highest BCUT2D eigenvalue weighted by atomic mass is 35.5. The Morgan fingerprint density at radius 3 is 2.73 bits per heavy atom. The van der Waals surface area contributed by atoms with Gasteiger partial charge in [0.1, 0.15) is 11.5 Å². The minimum atomic E-state index is -0.569. The number of aliphatic hydroxyl groups excluding tert-OH is 1. The van der Waals surface area contributed by atoms with Crippen LogP contribution in [0.4, 0.5) is 0 Å². The van der Waals surface area contributed by atoms with Crippen molar-refractivity contribution < 1.29 is 19.1 Å². The largest absolute Gasteiger partial charge is 0.511 e. The van der Waals surface area contributed by atoms with E-state index in [0.29, 0.717) is 18.7 Å². The van der Waals surface area contributed by atoms with E-state index in [-0.39, 0.29) is 28.8 Å². The Morgan fingerprint density at radius 1 is 1.30 bits per heavy atom. The van der Waals surface area contributed by atoms with Gasteiger partial charge in [0, 0.05) is 12.6 Å². The quantitative estimate of drug-likeness (QED) is 0.246. The van der Waals surface area contributed by atoms with Crippen molar-refractivity contribution in [3.63, 3.8) is 0 Å². The molecule has 160 valence electrons. The first-order valence-corrected chi connectivity index (χ1v) is 9.95. The highest BCUT2D eigenvalue weighted by Gasteiger charge is 2.18. The third-order valence-corrected chi connectivity index (χ3v) is 4.65. The zero-order chi connectivity index (χ0) is 21.9. The van der Waals surface area contributed by atoms with Gasteiger partial charge in [-0.15, -0.1) is 0 Å². The van der Waals surface area contributed by atoms with E-state index in [4.69, 9.17) is 21.8 Å². The van der Waals surface area contributed by atoms with Crippen LogP contribution in [0.5, 0.6) is 0 Å². The van der Waals surface area contributed by atoms with Crippen molar-refractivity contribution in [3.05, 3.63) is 76.9 Å². The fourth-order valence-corrected chi connectivity index (χ4v) is 2.98. The van der Waals surface area contributed by atoms with Crippen molar-refractivity contribution in [2.75, 3.05) is 6.54 Å². The van der Waals surface area contributed by atoms with E-state index in [1.165, 1.54) is 12.3 Å². The fraction of sp³-hybridized carbons (Fsp3) is 0.273. The number of furan rings is 1. The first-order valence-electron chi connectivity index (χ1n) is 9.57. The topological polar surface area (TPSA) is 118 Å². The lowest BCUT2D eigenvalue weighted by atomic mass is 10.1. The van der Waals surface area contributed by atoms with Crippen LogP contribution < -0.4 is 16.4 Å². The minimum Gasteiger partial charge on any atom is -0.511 e. The van der Waals surface area contributed by atoms with Gasteiger partial charge in [-0.05, 0) is 61.7 Å². The van der Waals surface area contributed by atoms with Gasteiger partial charge in [-0.2, -0.15) is 0 Å². The summed E-state index contributed by atoms with van der Waals surface area (Å²) in [7, 11) is 0. The van der Waals surface area contributed by atoms with E-state index in [0.717, 1.165) is 18.4 Å². The molecule has 0 bridgehead atoms. The van der Waals surface area contributed by atoms with E-state index < -0.39 is 11.9 Å². The molecule has 5 N–H and O–H groups in total. The third kappa shape index (κ3) is 7.42. The number of halogens is 1. The van der Waals surface area contributed by atoms with E-state index in [1.54, 1.807) is 36.4 Å². The van der Waals surface area contributed by atoms with Crippen LogP contribution in [0.1, 0.15) is 40.9 Å². The summed E-state index contributed by atoms with van der Waals surface area (Å²) in [5.41, 5.74) is 6.49. The van der Waals surface area contributed by atoms with Crippen molar-refractivity contribution in [3.8, 4) is 0 Å². The van der Waals surface area contributed by atoms with Gasteiger partial charge >= 0.3 is 0 Å². The molecule has 8 heteroatoms. The Kier molecular flexibility index (Phi) is 9.18. The van der Waals surface area contributed by atoms with Crippen LogP contribution in [0.3, 0.4) is 0 Å². The molecule has 0 fully saturated rings. The molecule has 1 atom stereocenters. The molecule has 0 aliphatic carbocycles. The molecule has 2 aromatic rings. The molecule has 0 spiro atoms. The van der Waals surface area contributed by atoms with Gasteiger partial charge in [-0.25, -0.2) is 0 Å². The monoisotopic (exact) mass is 431 g/mol. The number of amides is 2. The summed E-state index contributed by atoms with van der Waals surface area (Å²) < 4.78 is 5.12. The molecule has 30 heavy (non-hydrogen) atoms. The smallest absolute Gasteiger partial charge is 0.253 e. The van der Waals surface area contributed by atoms with Crippen molar-refractivity contribution in [2.24, 2.45) is 5.73 Å². The van der Waals surface area contributed by atoms with Crippen LogP contribution in [0, 0.1) is 0 Å². The summed E-state index contributed by atoms with van der Waals surface area (Å²) in [6.45, 7) is 4.31. The average Bonchev–Trinajstić information content (AvgIpc) is 3.23. The summed E-state index contributed by atoms with van der Waals surface area (Å²) in [5, 5.41) is 15.4. The Hall–Kier alpha value is -3.03. The van der Waals surface area contributed by atoms with Gasteiger partial charge in [0.15, 0.2) is 0 Å². The highest BCUT2D eigenvalue weighted by molar-refractivity contribution is 6.33. The predicted molar refractivity (Wildman–Crippen MR) is 117 cm³/mol. The maximum absolute atomic E-state index is 12.5. The lowest BCUT2D eigenvalue weighted by molar-refractivity contribution is -0.116. The lowest BCUT2D eigenvalue weighted by Crippen LogP contribution is -2.36. The van der Waals surface area contributed by atoms with Gasteiger partial charge in [0.25, 0.3) is 5.91 Å². The summed E-state index contributed by atoms with van der Waals surface area (Å²) >= 11 is 6.26. The Labute approximate surface area is 180 Å². The van der Waals surface area contributed by atoms with Crippen LogP contribution in [0.15, 0.2) is 59.4 Å². The van der Waals surface area contributed by atoms with Crippen LogP contribution in [0.2, 0.25) is 5.02 Å². The predicted octanol–water partition coefficient (Wildman–Crippen LogP) is 3.56. The maximum Gasteiger partial charge on any atom is 0.253 e. The van der Waals surface area contributed by atoms with E-state index in [2.05, 4.69) is 17.2 Å². The molecule has 0 unspecified atom stereocenters. The molecule has 0 saturated heterocycles. The molecule has 2 rings (SSSR count). The van der Waals surface area contributed by atoms with Crippen molar-refractivity contribution >= 4 is 29.5 Å². The first-order chi connectivity index (χ1) is 14.4. The standard InChI is InChI=1S/C22H26ClN3O4/c1-15(27)20(6-2-3-11-24)26-22(29)18-9-7-16(13-19(18)23)14-25-21(28)10-8-17-5-4-12-30-17/h4-5,7-10,12-13,20,27H,1-3,6,11,14,24H2,(H,25,28)(H,26,29)/b10-8+/t20-/m0/s1. The lowest BCUT2D eigenvalue weighted by Gasteiger charge is -2.18. The Morgan fingerprint density at radius 2 is 2.10 bits per heavy atom. The van der Waals surface area contributed by atoms with Crippen molar-refractivity contribution in [1.82, 2.24) is 10.6 Å². The van der Waals surface area contributed by atoms with Crippen LogP contribution in [-0.2, 0) is 11.3 Å². The zero-order valence-electron chi connectivity index (χ0n) is 16.6.